The highest BCUT2D eigenvalue weighted by atomic mass is 16.2. The highest BCUT2D eigenvalue weighted by Gasteiger charge is 2.21. The number of hydrogen-bond acceptors (Lipinski definition) is 3. The number of urea groups is 1. The Kier molecular flexibility index (Phi) is 6.38. The fourth-order valence-electron chi connectivity index (χ4n) is 2.72. The Balaban J connectivity index is 1.70. The zero-order valence-electron chi connectivity index (χ0n) is 14.0. The number of carbonyl (C=O) groups excluding carboxylic acids is 2. The van der Waals surface area contributed by atoms with Crippen LogP contribution in [0.5, 0.6) is 0 Å². The van der Waals surface area contributed by atoms with Gasteiger partial charge in [0.25, 0.3) is 0 Å². The molecule has 2 rings (SSSR count). The smallest absolute Gasteiger partial charge is 0.317 e. The van der Waals surface area contributed by atoms with Crippen LogP contribution < -0.4 is 5.32 Å². The molecule has 3 amide bonds. The molecule has 0 aromatic carbocycles. The van der Waals surface area contributed by atoms with Crippen LogP contribution >= 0.6 is 0 Å². The Morgan fingerprint density at radius 1 is 1.43 bits per heavy atom. The molecule has 1 atom stereocenters. The minimum Gasteiger partial charge on any atom is -0.344 e. The van der Waals surface area contributed by atoms with Crippen molar-refractivity contribution in [3.05, 3.63) is 30.1 Å². The number of carbonyl (C=O) groups is 2. The van der Waals surface area contributed by atoms with Crippen molar-refractivity contribution in [1.29, 1.82) is 0 Å². The Morgan fingerprint density at radius 2 is 2.26 bits per heavy atom. The maximum Gasteiger partial charge on any atom is 0.317 e. The third kappa shape index (κ3) is 5.54. The second kappa shape index (κ2) is 8.50. The van der Waals surface area contributed by atoms with E-state index in [1.807, 2.05) is 18.2 Å². The summed E-state index contributed by atoms with van der Waals surface area (Å²) in [4.78, 5) is 31.8. The molecule has 1 N–H and O–H groups in total. The molecule has 1 aromatic heterocycles. The number of likely N-dealkylation sites (tertiary alicyclic amines) is 1. The van der Waals surface area contributed by atoms with Gasteiger partial charge >= 0.3 is 6.03 Å². The van der Waals surface area contributed by atoms with Crippen molar-refractivity contribution in [2.24, 2.45) is 5.92 Å². The minimum absolute atomic E-state index is 0.0441. The Bertz CT molecular complexity index is 521. The standard InChI is InChI=1S/C17H26N4O2/c1-14-6-5-10-21(13-14)17(23)19-12-16(22)20(2)11-8-15-7-3-4-9-18-15/h3-4,7,9,14H,5-6,8,10-13H2,1-2H3,(H,19,23)/t14-/m1/s1. The molecular formula is C17H26N4O2. The lowest BCUT2D eigenvalue weighted by Crippen LogP contribution is -2.48. The first-order chi connectivity index (χ1) is 11.1. The number of nitrogens with one attached hydrogen (secondary N) is 1. The van der Waals surface area contributed by atoms with E-state index < -0.39 is 0 Å². The molecule has 1 fully saturated rings. The van der Waals surface area contributed by atoms with Crippen LogP contribution in [0, 0.1) is 5.92 Å². The molecule has 0 unspecified atom stereocenters. The molecular weight excluding hydrogens is 292 g/mol. The number of likely N-dealkylation sites (N-methyl/N-ethyl adjacent to an activating group) is 1. The molecule has 6 nitrogen and oxygen atoms in total. The van der Waals surface area contributed by atoms with E-state index in [4.69, 9.17) is 0 Å². The lowest BCUT2D eigenvalue weighted by molar-refractivity contribution is -0.128. The van der Waals surface area contributed by atoms with E-state index in [-0.39, 0.29) is 18.5 Å². The van der Waals surface area contributed by atoms with Crippen LogP contribution in [-0.4, -0.2) is 59.9 Å². The average Bonchev–Trinajstić information content (AvgIpc) is 2.58. The van der Waals surface area contributed by atoms with Gasteiger partial charge in [-0.2, -0.15) is 0 Å². The first-order valence-corrected chi connectivity index (χ1v) is 8.23. The summed E-state index contributed by atoms with van der Waals surface area (Å²) in [6, 6.07) is 5.61. The van der Waals surface area contributed by atoms with Crippen molar-refractivity contribution < 1.29 is 9.59 Å². The van der Waals surface area contributed by atoms with Crippen LogP contribution in [-0.2, 0) is 11.2 Å². The van der Waals surface area contributed by atoms with Crippen LogP contribution in [0.1, 0.15) is 25.5 Å². The first kappa shape index (κ1) is 17.2. The van der Waals surface area contributed by atoms with Crippen LogP contribution in [0.2, 0.25) is 0 Å². The monoisotopic (exact) mass is 318 g/mol. The van der Waals surface area contributed by atoms with Crippen LogP contribution in [0.3, 0.4) is 0 Å². The molecule has 1 aliphatic rings. The predicted molar refractivity (Wildman–Crippen MR) is 88.9 cm³/mol. The number of aromatic nitrogens is 1. The van der Waals surface area contributed by atoms with E-state index in [0.717, 1.165) is 25.2 Å². The summed E-state index contributed by atoms with van der Waals surface area (Å²) >= 11 is 0. The van der Waals surface area contributed by atoms with E-state index in [9.17, 15) is 9.59 Å². The molecule has 1 aliphatic heterocycles. The molecule has 1 aromatic rings. The van der Waals surface area contributed by atoms with E-state index in [2.05, 4.69) is 17.2 Å². The first-order valence-electron chi connectivity index (χ1n) is 8.23. The summed E-state index contributed by atoms with van der Waals surface area (Å²) in [7, 11) is 1.75. The highest BCUT2D eigenvalue weighted by Crippen LogP contribution is 2.15. The zero-order chi connectivity index (χ0) is 16.7. The Morgan fingerprint density at radius 3 is 2.96 bits per heavy atom. The van der Waals surface area contributed by atoms with Gasteiger partial charge in [-0.15, -0.1) is 0 Å². The van der Waals surface area contributed by atoms with Crippen molar-refractivity contribution in [3.63, 3.8) is 0 Å². The number of rotatable bonds is 5. The summed E-state index contributed by atoms with van der Waals surface area (Å²) in [6.45, 7) is 4.33. The molecule has 0 radical (unpaired) electrons. The predicted octanol–water partition coefficient (Wildman–Crippen LogP) is 1.52. The van der Waals surface area contributed by atoms with Gasteiger partial charge in [0.15, 0.2) is 0 Å². The normalized spacial score (nSPS) is 17.7. The topological polar surface area (TPSA) is 65.5 Å². The van der Waals surface area contributed by atoms with Gasteiger partial charge < -0.3 is 15.1 Å². The van der Waals surface area contributed by atoms with E-state index in [1.54, 1.807) is 23.0 Å². The third-order valence-electron chi connectivity index (χ3n) is 4.19. The van der Waals surface area contributed by atoms with Crippen molar-refractivity contribution in [3.8, 4) is 0 Å². The lowest BCUT2D eigenvalue weighted by atomic mass is 10.0. The van der Waals surface area contributed by atoms with Crippen LogP contribution in [0.25, 0.3) is 0 Å². The third-order valence-corrected chi connectivity index (χ3v) is 4.19. The second-order valence-corrected chi connectivity index (χ2v) is 6.24. The van der Waals surface area contributed by atoms with Crippen LogP contribution in [0.15, 0.2) is 24.4 Å². The molecule has 1 saturated heterocycles. The molecule has 126 valence electrons. The van der Waals surface area contributed by atoms with Gasteiger partial charge in [0.05, 0.1) is 6.54 Å². The largest absolute Gasteiger partial charge is 0.344 e. The van der Waals surface area contributed by atoms with Gasteiger partial charge in [-0.05, 0) is 30.9 Å². The van der Waals surface area contributed by atoms with Crippen molar-refractivity contribution in [2.75, 3.05) is 33.2 Å². The number of piperidine rings is 1. The summed E-state index contributed by atoms with van der Waals surface area (Å²) < 4.78 is 0. The number of pyridine rings is 1. The number of amides is 3. The molecule has 0 bridgehead atoms. The van der Waals surface area contributed by atoms with Gasteiger partial charge in [0.2, 0.25) is 5.91 Å². The number of hydrogen-bond donors (Lipinski definition) is 1. The molecule has 0 spiro atoms. The van der Waals surface area contributed by atoms with Crippen molar-refractivity contribution in [2.45, 2.75) is 26.2 Å². The maximum atomic E-state index is 12.1. The molecule has 0 aliphatic carbocycles. The summed E-state index contributed by atoms with van der Waals surface area (Å²) in [6.07, 6.45) is 4.66. The van der Waals surface area contributed by atoms with Gasteiger partial charge in [-0.1, -0.05) is 13.0 Å². The number of nitrogens with zero attached hydrogens (tertiary/aromatic N) is 3. The molecule has 0 saturated carbocycles. The summed E-state index contributed by atoms with van der Waals surface area (Å²) in [5, 5.41) is 2.73. The van der Waals surface area contributed by atoms with Gasteiger partial charge in [-0.25, -0.2) is 4.79 Å². The molecule has 2 heterocycles. The van der Waals surface area contributed by atoms with Crippen molar-refractivity contribution >= 4 is 11.9 Å². The molecule has 23 heavy (non-hydrogen) atoms. The fourth-order valence-corrected chi connectivity index (χ4v) is 2.72. The Labute approximate surface area is 137 Å². The van der Waals surface area contributed by atoms with Gasteiger partial charge in [0.1, 0.15) is 0 Å². The lowest BCUT2D eigenvalue weighted by Gasteiger charge is -2.31. The summed E-state index contributed by atoms with van der Waals surface area (Å²) in [5.74, 6) is 0.450. The van der Waals surface area contributed by atoms with Gasteiger partial charge in [0, 0.05) is 45.0 Å². The fraction of sp³-hybridized carbons (Fsp3) is 0.588. The maximum absolute atomic E-state index is 12.1. The molecule has 6 heteroatoms. The Hall–Kier alpha value is -2.11. The van der Waals surface area contributed by atoms with Crippen molar-refractivity contribution in [1.82, 2.24) is 20.1 Å². The second-order valence-electron chi connectivity index (χ2n) is 6.24. The van der Waals surface area contributed by atoms with E-state index in [1.165, 1.54) is 6.42 Å². The highest BCUT2D eigenvalue weighted by molar-refractivity contribution is 5.83. The van der Waals surface area contributed by atoms with E-state index >= 15 is 0 Å². The quantitative estimate of drug-likeness (QED) is 0.895. The minimum atomic E-state index is -0.136. The zero-order valence-corrected chi connectivity index (χ0v) is 14.0. The van der Waals surface area contributed by atoms with Crippen LogP contribution in [0.4, 0.5) is 4.79 Å². The SMILES string of the molecule is C[C@@H]1CCCN(C(=O)NCC(=O)N(C)CCc2ccccn2)C1. The van der Waals surface area contributed by atoms with E-state index in [0.29, 0.717) is 18.9 Å². The summed E-state index contributed by atoms with van der Waals surface area (Å²) in [5.41, 5.74) is 0.957. The van der Waals surface area contributed by atoms with Gasteiger partial charge in [-0.3, -0.25) is 9.78 Å². The average molecular weight is 318 g/mol.